The summed E-state index contributed by atoms with van der Waals surface area (Å²) in [6, 6.07) is 0.633. The van der Waals surface area contributed by atoms with Crippen LogP contribution in [0.25, 0.3) is 0 Å². The molecule has 0 amide bonds. The fourth-order valence-corrected chi connectivity index (χ4v) is 3.74. The maximum Gasteiger partial charge on any atom is 0.0669 e. The van der Waals surface area contributed by atoms with Gasteiger partial charge in [-0.15, -0.1) is 0 Å². The molecule has 21 heavy (non-hydrogen) atoms. The van der Waals surface area contributed by atoms with Crippen LogP contribution in [0, 0.1) is 5.92 Å². The second-order valence-corrected chi connectivity index (χ2v) is 6.63. The van der Waals surface area contributed by atoms with Gasteiger partial charge >= 0.3 is 0 Å². The third-order valence-corrected chi connectivity index (χ3v) is 4.85. The number of rotatable bonds is 7. The van der Waals surface area contributed by atoms with Crippen molar-refractivity contribution < 1.29 is 0 Å². The molecule has 2 unspecified atom stereocenters. The normalized spacial score (nSPS) is 22.7. The van der Waals surface area contributed by atoms with Gasteiger partial charge in [0.25, 0.3) is 0 Å². The molecular formula is C18H33N3. The van der Waals surface area contributed by atoms with E-state index in [0.29, 0.717) is 6.04 Å². The molecule has 3 heteroatoms. The summed E-state index contributed by atoms with van der Waals surface area (Å²) in [5, 5.41) is 8.59. The lowest BCUT2D eigenvalue weighted by Gasteiger charge is -2.28. The van der Waals surface area contributed by atoms with Crippen molar-refractivity contribution in [2.75, 3.05) is 6.54 Å². The van der Waals surface area contributed by atoms with Crippen LogP contribution in [-0.4, -0.2) is 16.3 Å². The van der Waals surface area contributed by atoms with Gasteiger partial charge in [-0.3, -0.25) is 4.68 Å². The van der Waals surface area contributed by atoms with Crippen molar-refractivity contribution in [3.63, 3.8) is 0 Å². The van der Waals surface area contributed by atoms with Crippen LogP contribution in [0.5, 0.6) is 0 Å². The average Bonchev–Trinajstić information content (AvgIpc) is 2.85. The van der Waals surface area contributed by atoms with Gasteiger partial charge in [-0.25, -0.2) is 0 Å². The Bertz CT molecular complexity index is 436. The first-order valence-corrected chi connectivity index (χ1v) is 9.00. The summed E-state index contributed by atoms with van der Waals surface area (Å²) in [5.74, 6) is 0.851. The molecule has 1 heterocycles. The van der Waals surface area contributed by atoms with E-state index in [9.17, 15) is 0 Å². The number of hydrogen-bond donors (Lipinski definition) is 1. The Morgan fingerprint density at radius 2 is 2.00 bits per heavy atom. The molecular weight excluding hydrogens is 258 g/mol. The van der Waals surface area contributed by atoms with Gasteiger partial charge in [0, 0.05) is 17.8 Å². The van der Waals surface area contributed by atoms with E-state index in [4.69, 9.17) is 5.10 Å². The highest BCUT2D eigenvalue weighted by molar-refractivity contribution is 5.27. The van der Waals surface area contributed by atoms with E-state index in [2.05, 4.69) is 37.7 Å². The SMILES string of the molecule is CCCNCc1c(CC)nn(C2CCCC(C)C2)c1CC. The maximum atomic E-state index is 5.01. The molecule has 0 bridgehead atoms. The summed E-state index contributed by atoms with van der Waals surface area (Å²) in [6.07, 6.45) is 8.71. The molecule has 0 saturated heterocycles. The molecule has 1 aromatic rings. The van der Waals surface area contributed by atoms with E-state index in [1.807, 2.05) is 0 Å². The first kappa shape index (κ1) is 16.5. The molecule has 1 aliphatic rings. The van der Waals surface area contributed by atoms with Crippen LogP contribution in [0.3, 0.4) is 0 Å². The van der Waals surface area contributed by atoms with E-state index in [1.54, 1.807) is 0 Å². The highest BCUT2D eigenvalue weighted by atomic mass is 15.3. The molecule has 120 valence electrons. The van der Waals surface area contributed by atoms with E-state index in [0.717, 1.165) is 31.8 Å². The highest BCUT2D eigenvalue weighted by Crippen LogP contribution is 2.34. The van der Waals surface area contributed by atoms with Crippen LogP contribution in [0.15, 0.2) is 0 Å². The van der Waals surface area contributed by atoms with Crippen LogP contribution in [0.1, 0.15) is 82.8 Å². The second kappa shape index (κ2) is 7.98. The molecule has 1 saturated carbocycles. The number of aromatic nitrogens is 2. The van der Waals surface area contributed by atoms with Crippen LogP contribution in [0.2, 0.25) is 0 Å². The smallest absolute Gasteiger partial charge is 0.0669 e. The summed E-state index contributed by atoms with van der Waals surface area (Å²) >= 11 is 0. The quantitative estimate of drug-likeness (QED) is 0.761. The Morgan fingerprint density at radius 3 is 2.62 bits per heavy atom. The summed E-state index contributed by atoms with van der Waals surface area (Å²) in [4.78, 5) is 0. The number of aryl methyl sites for hydroxylation is 1. The second-order valence-electron chi connectivity index (χ2n) is 6.63. The lowest BCUT2D eigenvalue weighted by Crippen LogP contribution is -2.21. The number of nitrogens with one attached hydrogen (secondary N) is 1. The molecule has 0 aliphatic heterocycles. The fourth-order valence-electron chi connectivity index (χ4n) is 3.74. The first-order valence-electron chi connectivity index (χ1n) is 9.00. The molecule has 0 spiro atoms. The van der Waals surface area contributed by atoms with E-state index in [1.165, 1.54) is 49.1 Å². The lowest BCUT2D eigenvalue weighted by atomic mass is 9.87. The van der Waals surface area contributed by atoms with Gasteiger partial charge < -0.3 is 5.32 Å². The molecule has 3 nitrogen and oxygen atoms in total. The maximum absolute atomic E-state index is 5.01. The van der Waals surface area contributed by atoms with Gasteiger partial charge in [0.1, 0.15) is 0 Å². The van der Waals surface area contributed by atoms with E-state index >= 15 is 0 Å². The molecule has 2 rings (SSSR count). The third kappa shape index (κ3) is 3.88. The predicted octanol–water partition coefficient (Wildman–Crippen LogP) is 4.26. The topological polar surface area (TPSA) is 29.9 Å². The Balaban J connectivity index is 2.23. The van der Waals surface area contributed by atoms with E-state index < -0.39 is 0 Å². The molecule has 0 aromatic carbocycles. The lowest BCUT2D eigenvalue weighted by molar-refractivity contribution is 0.261. The molecule has 1 aromatic heterocycles. The Kier molecular flexibility index (Phi) is 6.28. The molecule has 1 N–H and O–H groups in total. The molecule has 1 fully saturated rings. The minimum Gasteiger partial charge on any atom is -0.313 e. The minimum atomic E-state index is 0.633. The van der Waals surface area contributed by atoms with Gasteiger partial charge in [0.15, 0.2) is 0 Å². The number of hydrogen-bond acceptors (Lipinski definition) is 2. The van der Waals surface area contributed by atoms with Gasteiger partial charge in [0.2, 0.25) is 0 Å². The molecule has 2 atom stereocenters. The Labute approximate surface area is 130 Å². The van der Waals surface area contributed by atoms with Crippen LogP contribution >= 0.6 is 0 Å². The van der Waals surface area contributed by atoms with Crippen molar-refractivity contribution in [1.29, 1.82) is 0 Å². The van der Waals surface area contributed by atoms with Gasteiger partial charge in [-0.05, 0) is 44.6 Å². The largest absolute Gasteiger partial charge is 0.313 e. The zero-order chi connectivity index (χ0) is 15.2. The third-order valence-electron chi connectivity index (χ3n) is 4.85. The van der Waals surface area contributed by atoms with Crippen molar-refractivity contribution >= 4 is 0 Å². The van der Waals surface area contributed by atoms with E-state index in [-0.39, 0.29) is 0 Å². The standard InChI is InChI=1S/C18H33N3/c1-5-11-19-13-16-17(6-2)20-21(18(16)7-3)15-10-8-9-14(4)12-15/h14-15,19H,5-13H2,1-4H3. The van der Waals surface area contributed by atoms with Crippen molar-refractivity contribution in [3.05, 3.63) is 17.0 Å². The van der Waals surface area contributed by atoms with Crippen molar-refractivity contribution in [2.45, 2.75) is 85.2 Å². The minimum absolute atomic E-state index is 0.633. The van der Waals surface area contributed by atoms with Gasteiger partial charge in [0.05, 0.1) is 11.7 Å². The monoisotopic (exact) mass is 291 g/mol. The van der Waals surface area contributed by atoms with Gasteiger partial charge in [-0.1, -0.05) is 40.5 Å². The van der Waals surface area contributed by atoms with Crippen molar-refractivity contribution in [3.8, 4) is 0 Å². The predicted molar refractivity (Wildman–Crippen MR) is 89.6 cm³/mol. The summed E-state index contributed by atoms with van der Waals surface area (Å²) < 4.78 is 2.40. The van der Waals surface area contributed by atoms with Crippen molar-refractivity contribution in [1.82, 2.24) is 15.1 Å². The highest BCUT2D eigenvalue weighted by Gasteiger charge is 2.25. The van der Waals surface area contributed by atoms with Gasteiger partial charge in [-0.2, -0.15) is 5.10 Å². The van der Waals surface area contributed by atoms with Crippen LogP contribution < -0.4 is 5.32 Å². The summed E-state index contributed by atoms with van der Waals surface area (Å²) in [5.41, 5.74) is 4.27. The summed E-state index contributed by atoms with van der Waals surface area (Å²) in [6.45, 7) is 11.2. The van der Waals surface area contributed by atoms with Crippen LogP contribution in [-0.2, 0) is 19.4 Å². The zero-order valence-corrected chi connectivity index (χ0v) is 14.4. The summed E-state index contributed by atoms with van der Waals surface area (Å²) in [7, 11) is 0. The van der Waals surface area contributed by atoms with Crippen LogP contribution in [0.4, 0.5) is 0 Å². The number of nitrogens with zero attached hydrogens (tertiary/aromatic N) is 2. The fraction of sp³-hybridized carbons (Fsp3) is 0.833. The Morgan fingerprint density at radius 1 is 1.19 bits per heavy atom. The zero-order valence-electron chi connectivity index (χ0n) is 14.4. The molecule has 0 radical (unpaired) electrons. The average molecular weight is 291 g/mol. The first-order chi connectivity index (χ1) is 10.2. The molecule has 1 aliphatic carbocycles. The Hall–Kier alpha value is -0.830. The van der Waals surface area contributed by atoms with Crippen molar-refractivity contribution in [2.24, 2.45) is 5.92 Å².